The zero-order valence-electron chi connectivity index (χ0n) is 24.5. The van der Waals surface area contributed by atoms with Crippen LogP contribution in [0.2, 0.25) is 5.02 Å². The normalized spacial score (nSPS) is 29.3. The molecule has 1 N–H and O–H groups in total. The minimum absolute atomic E-state index is 0.0475. The molecular weight excluding hydrogens is 538 g/mol. The topological polar surface area (TPSA) is 81.8 Å². The number of Topliss-reactive ketones (excluding diaryl/α,β-unsaturated/α-hetero) is 1. The van der Waals surface area contributed by atoms with Gasteiger partial charge >= 0.3 is 0 Å². The van der Waals surface area contributed by atoms with E-state index < -0.39 is 5.41 Å². The number of benzene rings is 1. The van der Waals surface area contributed by atoms with E-state index in [-0.39, 0.29) is 23.4 Å². The van der Waals surface area contributed by atoms with Crippen molar-refractivity contribution >= 4 is 29.2 Å². The molecule has 220 valence electrons. The Morgan fingerprint density at radius 1 is 1.02 bits per heavy atom. The second-order valence-corrected chi connectivity index (χ2v) is 13.7. The number of ether oxygens (including phenoxy) is 1. The monoisotopic (exact) mass is 579 g/mol. The summed E-state index contributed by atoms with van der Waals surface area (Å²) >= 11 is 7.03. The summed E-state index contributed by atoms with van der Waals surface area (Å²) in [6.07, 6.45) is 9.17. The average Bonchev–Trinajstić information content (AvgIpc) is 3.11. The minimum atomic E-state index is -0.649. The van der Waals surface area contributed by atoms with E-state index in [9.17, 15) is 9.59 Å². The van der Waals surface area contributed by atoms with Crippen LogP contribution in [-0.4, -0.2) is 72.6 Å². The summed E-state index contributed by atoms with van der Waals surface area (Å²) in [7, 11) is 4.25. The van der Waals surface area contributed by atoms with Gasteiger partial charge in [0.15, 0.2) is 0 Å². The molecule has 3 fully saturated rings. The average molecular weight is 580 g/mol. The zero-order valence-corrected chi connectivity index (χ0v) is 25.3. The largest absolute Gasteiger partial charge is 0.490 e. The Bertz CT molecular complexity index is 1400. The van der Waals surface area contributed by atoms with E-state index in [4.69, 9.17) is 21.3 Å². The van der Waals surface area contributed by atoms with E-state index in [1.54, 1.807) is 0 Å². The number of H-pyrrole nitrogens is 1. The number of aromatic amines is 1. The number of carbonyl (C=O) groups is 1. The molecule has 3 atom stereocenters. The van der Waals surface area contributed by atoms with Crippen molar-refractivity contribution in [1.29, 1.82) is 0 Å². The standard InChI is InChI=1S/C32H42ClN5O3/c1-19-6-11-26(39)32(12-15-38(16-13-32)31-34-29-23(30(40)35-31)5-4-14-36(29)2)28-24(33)9-10-25(27(19)28)41-22-17-20-7-8-21(18-22)37(20)3/h9-10,19-22H,4-8,11-18H2,1-3H3,(H,34,35,40). The first-order chi connectivity index (χ1) is 19.7. The van der Waals surface area contributed by atoms with Crippen LogP contribution in [0, 0.1) is 0 Å². The van der Waals surface area contributed by atoms with Crippen molar-refractivity contribution in [3.63, 3.8) is 0 Å². The predicted molar refractivity (Wildman–Crippen MR) is 162 cm³/mol. The molecule has 8 nitrogen and oxygen atoms in total. The number of hydrogen-bond donors (Lipinski definition) is 1. The van der Waals surface area contributed by atoms with Crippen LogP contribution in [0.3, 0.4) is 0 Å². The molecule has 5 aliphatic rings. The number of nitrogens with zero attached hydrogens (tertiary/aromatic N) is 4. The molecule has 4 aliphatic heterocycles. The molecule has 1 aliphatic carbocycles. The van der Waals surface area contributed by atoms with Crippen molar-refractivity contribution in [2.24, 2.45) is 0 Å². The number of carbonyl (C=O) groups excluding carboxylic acids is 1. The van der Waals surface area contributed by atoms with Crippen molar-refractivity contribution in [3.8, 4) is 5.75 Å². The van der Waals surface area contributed by atoms with E-state index in [2.05, 4.69) is 39.7 Å². The molecule has 1 aromatic carbocycles. The molecule has 0 radical (unpaired) electrons. The van der Waals surface area contributed by atoms with Crippen LogP contribution in [0.15, 0.2) is 16.9 Å². The minimum Gasteiger partial charge on any atom is -0.490 e. The van der Waals surface area contributed by atoms with Crippen LogP contribution in [0.5, 0.6) is 5.75 Å². The van der Waals surface area contributed by atoms with Crippen LogP contribution in [0.25, 0.3) is 0 Å². The summed E-state index contributed by atoms with van der Waals surface area (Å²) in [6.45, 7) is 4.38. The highest BCUT2D eigenvalue weighted by Crippen LogP contribution is 2.51. The SMILES string of the molecule is CC1CCC(=O)C2(CCN(c3nc4c(c(=O)[nH]3)CCCN4C)CC2)c2c(Cl)ccc(OC3CC4CCC(C3)N4C)c21. The Morgan fingerprint density at radius 3 is 2.49 bits per heavy atom. The van der Waals surface area contributed by atoms with Gasteiger partial charge in [-0.05, 0) is 88.4 Å². The third-order valence-electron chi connectivity index (χ3n) is 11.0. The lowest BCUT2D eigenvalue weighted by molar-refractivity contribution is -0.125. The number of anilines is 2. The molecule has 5 heterocycles. The van der Waals surface area contributed by atoms with Crippen LogP contribution in [0.4, 0.5) is 11.8 Å². The predicted octanol–water partition coefficient (Wildman–Crippen LogP) is 4.81. The van der Waals surface area contributed by atoms with Gasteiger partial charge in [-0.3, -0.25) is 14.6 Å². The number of halogens is 1. The van der Waals surface area contributed by atoms with Crippen LogP contribution < -0.4 is 20.1 Å². The fraction of sp³-hybridized carbons (Fsp3) is 0.656. The lowest BCUT2D eigenvalue weighted by atomic mass is 9.68. The second kappa shape index (κ2) is 10.3. The summed E-state index contributed by atoms with van der Waals surface area (Å²) in [5.41, 5.74) is 2.21. The second-order valence-electron chi connectivity index (χ2n) is 13.2. The molecule has 1 aromatic heterocycles. The third-order valence-corrected chi connectivity index (χ3v) is 11.3. The number of fused-ring (bicyclic) bond motifs is 5. The molecule has 9 heteroatoms. The molecular formula is C32H42ClN5O3. The van der Waals surface area contributed by atoms with Crippen LogP contribution >= 0.6 is 11.6 Å². The molecule has 7 rings (SSSR count). The first kappa shape index (κ1) is 27.3. The molecule has 2 aromatic rings. The van der Waals surface area contributed by atoms with Gasteiger partial charge in [0.2, 0.25) is 5.95 Å². The van der Waals surface area contributed by atoms with Gasteiger partial charge in [-0.2, -0.15) is 4.98 Å². The van der Waals surface area contributed by atoms with Gasteiger partial charge in [0.25, 0.3) is 5.56 Å². The number of aromatic nitrogens is 2. The Balaban J connectivity index is 1.20. The first-order valence-corrected chi connectivity index (χ1v) is 16.0. The number of hydrogen-bond acceptors (Lipinski definition) is 7. The van der Waals surface area contributed by atoms with Gasteiger partial charge in [0.1, 0.15) is 23.5 Å². The highest BCUT2D eigenvalue weighted by Gasteiger charge is 2.48. The molecule has 0 saturated carbocycles. The van der Waals surface area contributed by atoms with Gasteiger partial charge < -0.3 is 19.4 Å². The molecule has 3 unspecified atom stereocenters. The fourth-order valence-electron chi connectivity index (χ4n) is 8.55. The van der Waals surface area contributed by atoms with E-state index >= 15 is 0 Å². The number of piperidine rings is 2. The maximum absolute atomic E-state index is 14.0. The number of rotatable bonds is 3. The maximum atomic E-state index is 14.0. The van der Waals surface area contributed by atoms with Gasteiger partial charge in [-0.15, -0.1) is 0 Å². The maximum Gasteiger partial charge on any atom is 0.257 e. The molecule has 3 saturated heterocycles. The summed E-state index contributed by atoms with van der Waals surface area (Å²) in [4.78, 5) is 41.6. The van der Waals surface area contributed by atoms with Crippen molar-refractivity contribution in [2.45, 2.75) is 101 Å². The van der Waals surface area contributed by atoms with E-state index in [1.165, 1.54) is 12.8 Å². The summed E-state index contributed by atoms with van der Waals surface area (Å²) in [5, 5.41) is 0.674. The summed E-state index contributed by atoms with van der Waals surface area (Å²) in [6, 6.07) is 5.21. The molecule has 1 spiro atoms. The quantitative estimate of drug-likeness (QED) is 0.558. The summed E-state index contributed by atoms with van der Waals surface area (Å²) in [5.74, 6) is 2.79. The Kier molecular flexibility index (Phi) is 6.85. The third kappa shape index (κ3) is 4.48. The molecule has 41 heavy (non-hydrogen) atoms. The van der Waals surface area contributed by atoms with E-state index in [1.807, 2.05) is 13.1 Å². The van der Waals surface area contributed by atoms with Crippen molar-refractivity contribution in [3.05, 3.63) is 44.2 Å². The highest BCUT2D eigenvalue weighted by molar-refractivity contribution is 6.32. The van der Waals surface area contributed by atoms with E-state index in [0.717, 1.165) is 66.9 Å². The van der Waals surface area contributed by atoms with Crippen molar-refractivity contribution < 1.29 is 9.53 Å². The van der Waals surface area contributed by atoms with Gasteiger partial charge in [-0.25, -0.2) is 0 Å². The first-order valence-electron chi connectivity index (χ1n) is 15.6. The fourth-order valence-corrected chi connectivity index (χ4v) is 8.90. The Hall–Kier alpha value is -2.58. The van der Waals surface area contributed by atoms with Crippen molar-refractivity contribution in [1.82, 2.24) is 14.9 Å². The van der Waals surface area contributed by atoms with Crippen LogP contribution in [-0.2, 0) is 16.6 Å². The van der Waals surface area contributed by atoms with E-state index in [0.29, 0.717) is 55.4 Å². The summed E-state index contributed by atoms with van der Waals surface area (Å²) < 4.78 is 6.84. The van der Waals surface area contributed by atoms with Gasteiger partial charge in [-0.1, -0.05) is 18.5 Å². The van der Waals surface area contributed by atoms with Gasteiger partial charge in [0.05, 0.1) is 11.0 Å². The Labute approximate surface area is 247 Å². The smallest absolute Gasteiger partial charge is 0.257 e. The van der Waals surface area contributed by atoms with Crippen molar-refractivity contribution in [2.75, 3.05) is 43.5 Å². The number of ketones is 1. The lowest BCUT2D eigenvalue weighted by Gasteiger charge is -2.42. The molecule has 2 bridgehead atoms. The highest BCUT2D eigenvalue weighted by atomic mass is 35.5. The zero-order chi connectivity index (χ0) is 28.5. The van der Waals surface area contributed by atoms with Gasteiger partial charge in [0, 0.05) is 55.8 Å². The Morgan fingerprint density at radius 2 is 1.76 bits per heavy atom. The number of nitrogens with one attached hydrogen (secondary N) is 1. The van der Waals surface area contributed by atoms with Crippen LogP contribution in [0.1, 0.15) is 87.3 Å². The lowest BCUT2D eigenvalue weighted by Crippen LogP contribution is -2.48. The molecule has 0 amide bonds.